The number of anilines is 1. The lowest BCUT2D eigenvalue weighted by atomic mass is 10.0. The van der Waals surface area contributed by atoms with E-state index in [-0.39, 0.29) is 18.5 Å². The summed E-state index contributed by atoms with van der Waals surface area (Å²) in [5.41, 5.74) is 4.02. The number of fused-ring (bicyclic) bond motifs is 1. The van der Waals surface area contributed by atoms with E-state index in [0.717, 1.165) is 22.4 Å². The van der Waals surface area contributed by atoms with Crippen LogP contribution in [-0.2, 0) is 11.3 Å². The molecule has 7 heteroatoms. The highest BCUT2D eigenvalue weighted by Crippen LogP contribution is 2.35. The molecule has 1 aliphatic heterocycles. The van der Waals surface area contributed by atoms with Crippen LogP contribution in [0.4, 0.5) is 5.95 Å². The third kappa shape index (κ3) is 4.00. The van der Waals surface area contributed by atoms with Crippen molar-refractivity contribution in [3.8, 4) is 0 Å². The molecule has 7 nitrogen and oxygen atoms in total. The van der Waals surface area contributed by atoms with Gasteiger partial charge in [-0.05, 0) is 33.2 Å². The average molecular weight is 422 g/mol. The highest BCUT2D eigenvalue weighted by Gasteiger charge is 2.31. The number of carbonyl (C=O) groups is 1. The highest BCUT2D eigenvalue weighted by molar-refractivity contribution is 5.89. The van der Waals surface area contributed by atoms with Gasteiger partial charge in [0, 0.05) is 6.54 Å². The van der Waals surface area contributed by atoms with E-state index in [4.69, 9.17) is 0 Å². The fourth-order valence-electron chi connectivity index (χ4n) is 3.86. The van der Waals surface area contributed by atoms with Gasteiger partial charge in [0.25, 0.3) is 5.95 Å². The average Bonchev–Trinajstić information content (AvgIpc) is 3.35. The molecule has 4 aromatic rings. The first-order valence-electron chi connectivity index (χ1n) is 10.5. The molecule has 3 aromatic carbocycles. The van der Waals surface area contributed by atoms with Gasteiger partial charge in [0.1, 0.15) is 12.6 Å². The summed E-state index contributed by atoms with van der Waals surface area (Å²) in [6.45, 7) is 0.574. The minimum Gasteiger partial charge on any atom is -0.350 e. The number of tetrazole rings is 1. The van der Waals surface area contributed by atoms with Crippen LogP contribution < -0.4 is 10.2 Å². The number of nitrogens with one attached hydrogen (secondary N) is 1. The monoisotopic (exact) mass is 422 g/mol. The summed E-state index contributed by atoms with van der Waals surface area (Å²) in [6.07, 6.45) is 2.11. The first-order valence-corrected chi connectivity index (χ1v) is 10.5. The lowest BCUT2D eigenvalue weighted by Gasteiger charge is -2.32. The smallest absolute Gasteiger partial charge is 0.251 e. The summed E-state index contributed by atoms with van der Waals surface area (Å²) < 4.78 is 1.76. The van der Waals surface area contributed by atoms with Crippen LogP contribution in [0.3, 0.4) is 0 Å². The second kappa shape index (κ2) is 8.85. The molecule has 32 heavy (non-hydrogen) atoms. The minimum absolute atomic E-state index is 0.107. The zero-order chi connectivity index (χ0) is 21.8. The van der Waals surface area contributed by atoms with Crippen LogP contribution in [0.25, 0.3) is 5.70 Å². The number of aromatic nitrogens is 4. The zero-order valence-corrected chi connectivity index (χ0v) is 17.4. The molecule has 1 amide bonds. The topological polar surface area (TPSA) is 75.9 Å². The Bertz CT molecular complexity index is 1220. The van der Waals surface area contributed by atoms with E-state index < -0.39 is 0 Å². The second-order valence-electron chi connectivity index (χ2n) is 7.55. The highest BCUT2D eigenvalue weighted by atomic mass is 16.2. The number of hydrogen-bond acceptors (Lipinski definition) is 5. The van der Waals surface area contributed by atoms with Gasteiger partial charge in [-0.1, -0.05) is 96.1 Å². The minimum atomic E-state index is -0.167. The molecule has 5 rings (SSSR count). The van der Waals surface area contributed by atoms with Crippen LogP contribution in [-0.4, -0.2) is 32.7 Å². The number of hydrogen-bond donors (Lipinski definition) is 1. The molecule has 0 saturated carbocycles. The summed E-state index contributed by atoms with van der Waals surface area (Å²) in [7, 11) is 0. The molecule has 0 spiro atoms. The number of rotatable bonds is 6. The third-order valence-corrected chi connectivity index (χ3v) is 5.43. The predicted molar refractivity (Wildman–Crippen MR) is 122 cm³/mol. The molecule has 0 fully saturated rings. The van der Waals surface area contributed by atoms with Crippen molar-refractivity contribution in [2.24, 2.45) is 0 Å². The van der Waals surface area contributed by atoms with Crippen LogP contribution in [0.2, 0.25) is 0 Å². The van der Waals surface area contributed by atoms with Gasteiger partial charge in [-0.15, -0.1) is 0 Å². The lowest BCUT2D eigenvalue weighted by Crippen LogP contribution is -2.39. The van der Waals surface area contributed by atoms with Gasteiger partial charge in [0.2, 0.25) is 5.91 Å². The predicted octanol–water partition coefficient (Wildman–Crippen LogP) is 3.44. The van der Waals surface area contributed by atoms with Gasteiger partial charge in [0.15, 0.2) is 0 Å². The van der Waals surface area contributed by atoms with E-state index in [9.17, 15) is 4.79 Å². The fourth-order valence-corrected chi connectivity index (χ4v) is 3.86. The van der Waals surface area contributed by atoms with Crippen molar-refractivity contribution in [1.82, 2.24) is 25.5 Å². The Kier molecular flexibility index (Phi) is 5.45. The van der Waals surface area contributed by atoms with Crippen molar-refractivity contribution >= 4 is 17.6 Å². The zero-order valence-electron chi connectivity index (χ0n) is 17.4. The number of carbonyl (C=O) groups excluding carboxylic acids is 1. The van der Waals surface area contributed by atoms with E-state index in [1.54, 1.807) is 4.68 Å². The van der Waals surface area contributed by atoms with Crippen molar-refractivity contribution < 1.29 is 4.79 Å². The largest absolute Gasteiger partial charge is 0.350 e. The summed E-state index contributed by atoms with van der Waals surface area (Å²) in [5.74, 6) is 0.429. The van der Waals surface area contributed by atoms with E-state index in [1.807, 2.05) is 83.8 Å². The summed E-state index contributed by atoms with van der Waals surface area (Å²) in [4.78, 5) is 14.8. The van der Waals surface area contributed by atoms with Gasteiger partial charge in [-0.2, -0.15) is 4.68 Å². The maximum absolute atomic E-state index is 12.9. The molecular weight excluding hydrogens is 400 g/mol. The van der Waals surface area contributed by atoms with Crippen LogP contribution in [0, 0.1) is 0 Å². The third-order valence-electron chi connectivity index (χ3n) is 5.43. The number of allylic oxidation sites excluding steroid dienone is 1. The van der Waals surface area contributed by atoms with Crippen molar-refractivity contribution in [1.29, 1.82) is 0 Å². The second-order valence-corrected chi connectivity index (χ2v) is 7.55. The molecule has 0 radical (unpaired) electrons. The Balaban J connectivity index is 1.47. The van der Waals surface area contributed by atoms with Gasteiger partial charge < -0.3 is 5.32 Å². The van der Waals surface area contributed by atoms with E-state index in [0.29, 0.717) is 12.5 Å². The van der Waals surface area contributed by atoms with Crippen molar-refractivity contribution in [2.45, 2.75) is 12.6 Å². The Morgan fingerprint density at radius 3 is 2.25 bits per heavy atom. The fraction of sp³-hybridized carbons (Fsp3) is 0.120. The van der Waals surface area contributed by atoms with Crippen molar-refractivity contribution in [3.63, 3.8) is 0 Å². The Morgan fingerprint density at radius 1 is 0.875 bits per heavy atom. The molecule has 2 heterocycles. The SMILES string of the molecule is O=C(CN1C(c2ccccc2)=C[C@@H](c2ccccc2)n2nnnc21)NCc1ccccc1. The molecule has 158 valence electrons. The molecule has 1 N–H and O–H groups in total. The molecule has 0 aliphatic carbocycles. The van der Waals surface area contributed by atoms with Crippen molar-refractivity contribution in [2.75, 3.05) is 11.4 Å². The Morgan fingerprint density at radius 2 is 1.53 bits per heavy atom. The van der Waals surface area contributed by atoms with Gasteiger partial charge in [-0.25, -0.2) is 0 Å². The Labute approximate surface area is 186 Å². The lowest BCUT2D eigenvalue weighted by molar-refractivity contribution is -0.119. The molecule has 0 saturated heterocycles. The Hall–Kier alpha value is -4.26. The number of nitrogens with zero attached hydrogens (tertiary/aromatic N) is 5. The van der Waals surface area contributed by atoms with Gasteiger partial charge in [0.05, 0.1) is 5.70 Å². The van der Waals surface area contributed by atoms with Gasteiger partial charge in [-0.3, -0.25) is 9.69 Å². The molecule has 0 bridgehead atoms. The molecule has 1 aliphatic rings. The summed E-state index contributed by atoms with van der Waals surface area (Å²) >= 11 is 0. The molecule has 0 unspecified atom stereocenters. The van der Waals surface area contributed by atoms with Crippen LogP contribution >= 0.6 is 0 Å². The van der Waals surface area contributed by atoms with E-state index >= 15 is 0 Å². The maximum Gasteiger partial charge on any atom is 0.251 e. The maximum atomic E-state index is 12.9. The number of benzene rings is 3. The normalized spacial score (nSPS) is 15.1. The standard InChI is InChI=1S/C25H22N6O/c32-24(26-17-19-10-4-1-5-11-19)18-30-22(20-12-6-2-7-13-20)16-23(21-14-8-3-9-15-21)31-25(30)27-28-29-31/h1-16,23H,17-18H2,(H,26,32)/t23-/m0/s1. The van der Waals surface area contributed by atoms with Crippen LogP contribution in [0.1, 0.15) is 22.7 Å². The first kappa shape index (κ1) is 19.7. The van der Waals surface area contributed by atoms with Crippen molar-refractivity contribution in [3.05, 3.63) is 114 Å². The summed E-state index contributed by atoms with van der Waals surface area (Å²) in [6, 6.07) is 29.8. The van der Waals surface area contributed by atoms with E-state index in [2.05, 4.69) is 39.1 Å². The van der Waals surface area contributed by atoms with Crippen LogP contribution in [0.5, 0.6) is 0 Å². The van der Waals surface area contributed by atoms with Crippen LogP contribution in [0.15, 0.2) is 97.1 Å². The summed E-state index contributed by atoms with van der Waals surface area (Å²) in [5, 5.41) is 15.4. The first-order chi connectivity index (χ1) is 15.8. The number of amides is 1. The molecule has 1 atom stereocenters. The molecular formula is C25H22N6O. The quantitative estimate of drug-likeness (QED) is 0.515. The molecule has 1 aromatic heterocycles. The van der Waals surface area contributed by atoms with Gasteiger partial charge >= 0.3 is 0 Å². The van der Waals surface area contributed by atoms with E-state index in [1.165, 1.54) is 0 Å².